The number of carbonyl (C=O) groups is 1. The first-order valence-electron chi connectivity index (χ1n) is 5.62. The number of nitro groups is 1. The number of phenols is 1. The summed E-state index contributed by atoms with van der Waals surface area (Å²) in [5.74, 6) is -4.61. The number of phenolic OH excluding ortho intramolecular Hbond substituents is 1. The Morgan fingerprint density at radius 2 is 2.24 bits per heavy atom. The number of nitro benzene ring substituents is 1. The van der Waals surface area contributed by atoms with Crippen LogP contribution in [0.2, 0.25) is 0 Å². The Labute approximate surface area is 116 Å². The van der Waals surface area contributed by atoms with E-state index in [2.05, 4.69) is 4.74 Å². The van der Waals surface area contributed by atoms with Crippen molar-refractivity contribution in [1.29, 1.82) is 0 Å². The number of rotatable bonds is 3. The molecule has 0 aliphatic carbocycles. The zero-order valence-corrected chi connectivity index (χ0v) is 10.6. The quantitative estimate of drug-likeness (QED) is 0.649. The van der Waals surface area contributed by atoms with E-state index >= 15 is 0 Å². The van der Waals surface area contributed by atoms with E-state index in [0.717, 1.165) is 19.2 Å². The number of aromatic hydroxyl groups is 1. The Hall–Kier alpha value is -2.65. The van der Waals surface area contributed by atoms with Gasteiger partial charge in [0.2, 0.25) is 0 Å². The van der Waals surface area contributed by atoms with E-state index in [0.29, 0.717) is 0 Å². The summed E-state index contributed by atoms with van der Waals surface area (Å²) in [6.45, 7) is -1.20. The maximum Gasteiger partial charge on any atom is 0.408 e. The highest BCUT2D eigenvalue weighted by Gasteiger charge is 2.48. The summed E-state index contributed by atoms with van der Waals surface area (Å²) in [7, 11) is 1.11. The first-order chi connectivity index (χ1) is 9.76. The summed E-state index contributed by atoms with van der Waals surface area (Å²) in [5.41, 5.74) is -1.08. The van der Waals surface area contributed by atoms with Crippen LogP contribution in [0.3, 0.4) is 0 Å². The first-order valence-corrected chi connectivity index (χ1v) is 5.62. The molecule has 8 nitrogen and oxygen atoms in total. The summed E-state index contributed by atoms with van der Waals surface area (Å²) in [5, 5.41) is 22.5. The number of non-ortho nitro benzene ring substituents is 1. The third kappa shape index (κ3) is 2.64. The van der Waals surface area contributed by atoms with Gasteiger partial charge < -0.3 is 19.9 Å². The number of amides is 1. The lowest BCUT2D eigenvalue weighted by Crippen LogP contribution is -2.49. The van der Waals surface area contributed by atoms with Gasteiger partial charge in [-0.05, 0) is 0 Å². The maximum absolute atomic E-state index is 13.8. The number of nitrogens with zero attached hydrogens (tertiary/aromatic N) is 1. The molecule has 1 amide bonds. The molecule has 0 radical (unpaired) electrons. The van der Waals surface area contributed by atoms with E-state index in [-0.39, 0.29) is 5.75 Å². The molecule has 0 saturated carbocycles. The molecule has 1 aliphatic rings. The number of alkyl halides is 2. The largest absolute Gasteiger partial charge is 0.504 e. The summed E-state index contributed by atoms with van der Waals surface area (Å²) in [4.78, 5) is 21.1. The van der Waals surface area contributed by atoms with Gasteiger partial charge in [-0.15, -0.1) is 0 Å². The highest BCUT2D eigenvalue weighted by atomic mass is 19.3. The number of methoxy groups -OCH3 is 1. The molecule has 2 N–H and O–H groups in total. The number of carbonyl (C=O) groups excluding carboxylic acids is 1. The van der Waals surface area contributed by atoms with Crippen LogP contribution in [-0.4, -0.2) is 35.8 Å². The van der Waals surface area contributed by atoms with Crippen LogP contribution in [0.25, 0.3) is 0 Å². The van der Waals surface area contributed by atoms with Crippen molar-refractivity contribution in [3.05, 3.63) is 27.8 Å². The van der Waals surface area contributed by atoms with Crippen LogP contribution in [0.15, 0.2) is 12.1 Å². The molecule has 0 spiro atoms. The Bertz CT molecular complexity index is 607. The molecule has 114 valence electrons. The van der Waals surface area contributed by atoms with Crippen molar-refractivity contribution < 1.29 is 33.1 Å². The van der Waals surface area contributed by atoms with E-state index in [9.17, 15) is 28.8 Å². The summed E-state index contributed by atoms with van der Waals surface area (Å²) < 4.78 is 36.5. The van der Waals surface area contributed by atoms with Crippen molar-refractivity contribution in [1.82, 2.24) is 5.32 Å². The summed E-state index contributed by atoms with van der Waals surface area (Å²) in [6, 6.07) is -0.326. The molecule has 1 aromatic rings. The lowest BCUT2D eigenvalue weighted by molar-refractivity contribution is -0.385. The molecule has 1 heterocycles. The van der Waals surface area contributed by atoms with Crippen LogP contribution in [0, 0.1) is 10.1 Å². The molecule has 0 aromatic heterocycles. The van der Waals surface area contributed by atoms with Crippen LogP contribution >= 0.6 is 0 Å². The Balaban J connectivity index is 2.58. The maximum atomic E-state index is 13.8. The van der Waals surface area contributed by atoms with E-state index in [1.165, 1.54) is 0 Å². The zero-order chi connectivity index (χ0) is 15.8. The van der Waals surface area contributed by atoms with E-state index in [4.69, 9.17) is 4.74 Å². The van der Waals surface area contributed by atoms with Crippen molar-refractivity contribution in [2.45, 2.75) is 12.0 Å². The monoisotopic (exact) mass is 304 g/mol. The summed E-state index contributed by atoms with van der Waals surface area (Å²) >= 11 is 0. The third-order valence-electron chi connectivity index (χ3n) is 2.91. The Morgan fingerprint density at radius 1 is 1.57 bits per heavy atom. The minimum Gasteiger partial charge on any atom is -0.504 e. The number of hydrogen-bond acceptors (Lipinski definition) is 6. The first kappa shape index (κ1) is 14.8. The lowest BCUT2D eigenvalue weighted by Gasteiger charge is -2.32. The van der Waals surface area contributed by atoms with Crippen molar-refractivity contribution in [2.75, 3.05) is 13.7 Å². The molecule has 0 bridgehead atoms. The average Bonchev–Trinajstić information content (AvgIpc) is 2.42. The standard InChI is InChI=1S/C11H10F2N2O6/c1-20-7-3-5(15(18)19)2-6(8(7)16)9-11(12,13)4-21-10(17)14-9/h2-3,9,16H,4H2,1H3,(H,14,17)/t9-/m1/s1. The highest BCUT2D eigenvalue weighted by molar-refractivity contribution is 5.70. The second-order valence-electron chi connectivity index (χ2n) is 4.26. The minimum atomic E-state index is -3.55. The third-order valence-corrected chi connectivity index (χ3v) is 2.91. The van der Waals surface area contributed by atoms with Gasteiger partial charge in [-0.2, -0.15) is 0 Å². The van der Waals surface area contributed by atoms with Gasteiger partial charge in [-0.3, -0.25) is 10.1 Å². The number of alkyl carbamates (subject to hydrolysis) is 1. The van der Waals surface area contributed by atoms with Crippen LogP contribution < -0.4 is 10.1 Å². The van der Waals surface area contributed by atoms with Crippen LogP contribution in [-0.2, 0) is 4.74 Å². The van der Waals surface area contributed by atoms with E-state index in [1.807, 2.05) is 5.32 Å². The van der Waals surface area contributed by atoms with Crippen molar-refractivity contribution in [3.8, 4) is 11.5 Å². The molecular weight excluding hydrogens is 294 g/mol. The van der Waals surface area contributed by atoms with Gasteiger partial charge in [0.1, 0.15) is 6.04 Å². The second kappa shape index (κ2) is 5.04. The van der Waals surface area contributed by atoms with Gasteiger partial charge in [-0.1, -0.05) is 0 Å². The zero-order valence-electron chi connectivity index (χ0n) is 10.6. The molecule has 21 heavy (non-hydrogen) atoms. The minimum absolute atomic E-state index is 0.351. The Kier molecular flexibility index (Phi) is 3.54. The van der Waals surface area contributed by atoms with Crippen molar-refractivity contribution >= 4 is 11.8 Å². The van der Waals surface area contributed by atoms with Crippen LogP contribution in [0.1, 0.15) is 11.6 Å². The molecule has 10 heteroatoms. The highest BCUT2D eigenvalue weighted by Crippen LogP contribution is 2.43. The molecule has 0 unspecified atom stereocenters. The average molecular weight is 304 g/mol. The van der Waals surface area contributed by atoms with Gasteiger partial charge in [0.15, 0.2) is 18.1 Å². The number of benzene rings is 1. The predicted molar refractivity (Wildman–Crippen MR) is 63.5 cm³/mol. The van der Waals surface area contributed by atoms with E-state index < -0.39 is 46.6 Å². The van der Waals surface area contributed by atoms with Gasteiger partial charge in [0.05, 0.1) is 18.1 Å². The van der Waals surface area contributed by atoms with Gasteiger partial charge in [-0.25, -0.2) is 13.6 Å². The lowest BCUT2D eigenvalue weighted by atomic mass is 9.98. The number of hydrogen-bond donors (Lipinski definition) is 2. The molecular formula is C11H10F2N2O6. The number of ether oxygens (including phenoxy) is 2. The normalized spacial score (nSPS) is 20.3. The van der Waals surface area contributed by atoms with Crippen LogP contribution in [0.5, 0.6) is 11.5 Å². The smallest absolute Gasteiger partial charge is 0.408 e. The number of halogens is 2. The van der Waals surface area contributed by atoms with E-state index in [1.54, 1.807) is 0 Å². The molecule has 1 saturated heterocycles. The summed E-state index contributed by atoms with van der Waals surface area (Å²) in [6.07, 6.45) is -1.12. The number of cyclic esters (lactones) is 1. The van der Waals surface area contributed by atoms with Gasteiger partial charge in [0.25, 0.3) is 5.69 Å². The fraction of sp³-hybridized carbons (Fsp3) is 0.364. The SMILES string of the molecule is COc1cc([N+](=O)[O-])cc([C@H]2NC(=O)OCC2(F)F)c1O. The molecule has 1 aromatic carbocycles. The fourth-order valence-corrected chi connectivity index (χ4v) is 1.91. The van der Waals surface area contributed by atoms with Gasteiger partial charge >= 0.3 is 12.0 Å². The molecule has 2 rings (SSSR count). The molecule has 1 aliphatic heterocycles. The van der Waals surface area contributed by atoms with Crippen LogP contribution in [0.4, 0.5) is 19.3 Å². The Morgan fingerprint density at radius 3 is 2.81 bits per heavy atom. The molecule has 1 fully saturated rings. The second-order valence-corrected chi connectivity index (χ2v) is 4.26. The topological polar surface area (TPSA) is 111 Å². The fourth-order valence-electron chi connectivity index (χ4n) is 1.91. The number of nitrogens with one attached hydrogen (secondary N) is 1. The van der Waals surface area contributed by atoms with Gasteiger partial charge in [0, 0.05) is 11.6 Å². The van der Waals surface area contributed by atoms with Crippen molar-refractivity contribution in [3.63, 3.8) is 0 Å². The molecule has 1 atom stereocenters. The van der Waals surface area contributed by atoms with Crippen molar-refractivity contribution in [2.24, 2.45) is 0 Å². The predicted octanol–water partition coefficient (Wildman–Crippen LogP) is 1.73.